The lowest BCUT2D eigenvalue weighted by Crippen LogP contribution is -2.09. The van der Waals surface area contributed by atoms with E-state index < -0.39 is 11.7 Å². The van der Waals surface area contributed by atoms with Crippen molar-refractivity contribution >= 4 is 23.7 Å². The van der Waals surface area contributed by atoms with E-state index in [1.54, 1.807) is 0 Å². The minimum atomic E-state index is -4.53. The number of nitrogens with one attached hydrogen (secondary N) is 1. The predicted molar refractivity (Wildman–Crippen MR) is 46.1 cm³/mol. The Morgan fingerprint density at radius 2 is 2.00 bits per heavy atom. The molecule has 76 valence electrons. The van der Waals surface area contributed by atoms with Crippen LogP contribution < -0.4 is 5.32 Å². The maximum absolute atomic E-state index is 12.3. The fourth-order valence-corrected chi connectivity index (χ4v) is 1.11. The molecule has 0 aromatic heterocycles. The van der Waals surface area contributed by atoms with Crippen molar-refractivity contribution < 1.29 is 18.0 Å². The summed E-state index contributed by atoms with van der Waals surface area (Å²) in [5.74, 6) is 0. The maximum Gasteiger partial charge on any atom is 0.418 e. The highest BCUT2D eigenvalue weighted by Gasteiger charge is 2.33. The van der Waals surface area contributed by atoms with Crippen LogP contribution in [0.4, 0.5) is 18.9 Å². The summed E-state index contributed by atoms with van der Waals surface area (Å²) in [6, 6.07) is 3.12. The largest absolute Gasteiger partial charge is 0.418 e. The van der Waals surface area contributed by atoms with Crippen molar-refractivity contribution in [3.8, 4) is 0 Å². The molecule has 2 nitrogen and oxygen atoms in total. The number of carbonyl (C=O) groups is 1. The number of anilines is 1. The van der Waals surface area contributed by atoms with Crippen LogP contribution in [-0.2, 0) is 11.0 Å². The van der Waals surface area contributed by atoms with Crippen LogP contribution in [0.2, 0.25) is 5.02 Å². The predicted octanol–water partition coefficient (Wildman–Crippen LogP) is 2.93. The van der Waals surface area contributed by atoms with E-state index in [1.165, 1.54) is 6.07 Å². The van der Waals surface area contributed by atoms with Crippen molar-refractivity contribution in [1.82, 2.24) is 0 Å². The molecule has 1 aromatic rings. The quantitative estimate of drug-likeness (QED) is 0.768. The second-order valence-electron chi connectivity index (χ2n) is 2.45. The molecule has 1 N–H and O–H groups in total. The van der Waals surface area contributed by atoms with Gasteiger partial charge in [-0.05, 0) is 18.2 Å². The molecule has 1 aromatic carbocycles. The van der Waals surface area contributed by atoms with Gasteiger partial charge in [-0.1, -0.05) is 11.6 Å². The van der Waals surface area contributed by atoms with E-state index in [0.29, 0.717) is 0 Å². The maximum atomic E-state index is 12.3. The molecule has 0 saturated heterocycles. The molecule has 0 atom stereocenters. The first-order chi connectivity index (χ1) is 6.45. The smallest absolute Gasteiger partial charge is 0.328 e. The number of amides is 1. The summed E-state index contributed by atoms with van der Waals surface area (Å²) in [6.45, 7) is 0. The van der Waals surface area contributed by atoms with Gasteiger partial charge in [0.2, 0.25) is 6.41 Å². The normalized spacial score (nSPS) is 11.1. The Kier molecular flexibility index (Phi) is 3.00. The van der Waals surface area contributed by atoms with Crippen LogP contribution in [0.1, 0.15) is 5.56 Å². The van der Waals surface area contributed by atoms with E-state index in [4.69, 9.17) is 11.6 Å². The molecule has 0 heterocycles. The molecule has 0 radical (unpaired) electrons. The molecular formula is C8H5ClF3NO. The Balaban J connectivity index is 3.22. The van der Waals surface area contributed by atoms with Crippen LogP contribution in [0.3, 0.4) is 0 Å². The zero-order chi connectivity index (χ0) is 10.8. The molecule has 0 aliphatic rings. The first-order valence-corrected chi connectivity index (χ1v) is 3.90. The van der Waals surface area contributed by atoms with Gasteiger partial charge in [-0.25, -0.2) is 0 Å². The molecule has 0 spiro atoms. The van der Waals surface area contributed by atoms with Crippen molar-refractivity contribution in [3.63, 3.8) is 0 Å². The van der Waals surface area contributed by atoms with Gasteiger partial charge in [-0.15, -0.1) is 0 Å². The third kappa shape index (κ3) is 2.38. The number of alkyl halides is 3. The van der Waals surface area contributed by atoms with Crippen LogP contribution in [0.5, 0.6) is 0 Å². The van der Waals surface area contributed by atoms with Crippen molar-refractivity contribution in [3.05, 3.63) is 28.8 Å². The van der Waals surface area contributed by atoms with Gasteiger partial charge >= 0.3 is 6.18 Å². The minimum absolute atomic E-state index is 0.0335. The number of rotatable bonds is 2. The topological polar surface area (TPSA) is 29.1 Å². The molecule has 0 bridgehead atoms. The highest BCUT2D eigenvalue weighted by atomic mass is 35.5. The summed E-state index contributed by atoms with van der Waals surface area (Å²) in [4.78, 5) is 10.0. The van der Waals surface area contributed by atoms with Gasteiger partial charge in [-0.2, -0.15) is 13.2 Å². The fourth-order valence-electron chi connectivity index (χ4n) is 0.940. The summed E-state index contributed by atoms with van der Waals surface area (Å²) in [5.41, 5.74) is -1.27. The number of hydrogen-bond acceptors (Lipinski definition) is 1. The monoisotopic (exact) mass is 223 g/mol. The van der Waals surface area contributed by atoms with Crippen molar-refractivity contribution in [2.75, 3.05) is 5.32 Å². The third-order valence-corrected chi connectivity index (χ3v) is 1.74. The summed E-state index contributed by atoms with van der Waals surface area (Å²) in [6.07, 6.45) is -4.35. The van der Waals surface area contributed by atoms with Crippen molar-refractivity contribution in [1.29, 1.82) is 0 Å². The van der Waals surface area contributed by atoms with Crippen LogP contribution in [-0.4, -0.2) is 6.41 Å². The summed E-state index contributed by atoms with van der Waals surface area (Å²) in [7, 11) is 0. The van der Waals surface area contributed by atoms with E-state index in [9.17, 15) is 18.0 Å². The van der Waals surface area contributed by atoms with E-state index in [1.807, 2.05) is 5.32 Å². The lowest BCUT2D eigenvalue weighted by atomic mass is 10.1. The average Bonchev–Trinajstić information content (AvgIpc) is 2.07. The summed E-state index contributed by atoms with van der Waals surface area (Å²) < 4.78 is 37.0. The van der Waals surface area contributed by atoms with Gasteiger partial charge in [-0.3, -0.25) is 4.79 Å². The van der Waals surface area contributed by atoms with Gasteiger partial charge < -0.3 is 5.32 Å². The molecule has 0 aliphatic heterocycles. The lowest BCUT2D eigenvalue weighted by molar-refractivity contribution is -0.136. The van der Waals surface area contributed by atoms with Crippen LogP contribution in [0, 0.1) is 0 Å². The van der Waals surface area contributed by atoms with Crippen LogP contribution in [0.15, 0.2) is 18.2 Å². The van der Waals surface area contributed by atoms with Crippen molar-refractivity contribution in [2.24, 2.45) is 0 Å². The molecular weight excluding hydrogens is 219 g/mol. The molecule has 6 heteroatoms. The zero-order valence-electron chi connectivity index (χ0n) is 6.73. The Bertz CT molecular complexity index is 351. The molecule has 0 fully saturated rings. The van der Waals surface area contributed by atoms with Crippen molar-refractivity contribution in [2.45, 2.75) is 6.18 Å². The van der Waals surface area contributed by atoms with Gasteiger partial charge in [0, 0.05) is 5.02 Å². The summed E-state index contributed by atoms with van der Waals surface area (Å²) in [5, 5.41) is 1.92. The van der Waals surface area contributed by atoms with Gasteiger partial charge in [0.05, 0.1) is 11.3 Å². The van der Waals surface area contributed by atoms with Gasteiger partial charge in [0.25, 0.3) is 0 Å². The standard InChI is InChI=1S/C8H5ClF3NO/c9-5-1-2-7(13-4-14)6(3-5)8(10,11)12/h1-4H,(H,13,14). The Hall–Kier alpha value is -1.23. The van der Waals surface area contributed by atoms with Gasteiger partial charge in [0.15, 0.2) is 0 Å². The summed E-state index contributed by atoms with van der Waals surface area (Å²) >= 11 is 5.41. The van der Waals surface area contributed by atoms with E-state index >= 15 is 0 Å². The van der Waals surface area contributed by atoms with E-state index in [2.05, 4.69) is 0 Å². The molecule has 1 rings (SSSR count). The lowest BCUT2D eigenvalue weighted by Gasteiger charge is -2.11. The van der Waals surface area contributed by atoms with Crippen LogP contribution in [0.25, 0.3) is 0 Å². The zero-order valence-corrected chi connectivity index (χ0v) is 7.49. The highest BCUT2D eigenvalue weighted by molar-refractivity contribution is 6.30. The third-order valence-electron chi connectivity index (χ3n) is 1.50. The number of halogens is 4. The Morgan fingerprint density at radius 3 is 2.50 bits per heavy atom. The minimum Gasteiger partial charge on any atom is -0.328 e. The first-order valence-electron chi connectivity index (χ1n) is 3.52. The molecule has 14 heavy (non-hydrogen) atoms. The SMILES string of the molecule is O=CNc1ccc(Cl)cc1C(F)(F)F. The van der Waals surface area contributed by atoms with Gasteiger partial charge in [0.1, 0.15) is 0 Å². The Labute approximate surface area is 82.7 Å². The molecule has 0 aliphatic carbocycles. The highest BCUT2D eigenvalue weighted by Crippen LogP contribution is 2.36. The molecule has 0 unspecified atom stereocenters. The second-order valence-corrected chi connectivity index (χ2v) is 2.89. The van der Waals surface area contributed by atoms with E-state index in [-0.39, 0.29) is 17.1 Å². The number of benzene rings is 1. The average molecular weight is 224 g/mol. The molecule has 1 amide bonds. The number of carbonyl (C=O) groups excluding carboxylic acids is 1. The molecule has 0 saturated carbocycles. The first kappa shape index (κ1) is 10.8. The number of hydrogen-bond donors (Lipinski definition) is 1. The Morgan fingerprint density at radius 1 is 1.36 bits per heavy atom. The fraction of sp³-hybridized carbons (Fsp3) is 0.125. The van der Waals surface area contributed by atoms with Crippen LogP contribution >= 0.6 is 11.6 Å². The second kappa shape index (κ2) is 3.88. The van der Waals surface area contributed by atoms with E-state index in [0.717, 1.165) is 12.1 Å².